The van der Waals surface area contributed by atoms with Crippen LogP contribution in [0.4, 0.5) is 0 Å². The van der Waals surface area contributed by atoms with Crippen molar-refractivity contribution in [2.75, 3.05) is 0 Å². The zero-order valence-electron chi connectivity index (χ0n) is 13.2. The van der Waals surface area contributed by atoms with E-state index in [1.54, 1.807) is 13.8 Å². The monoisotopic (exact) mass is 312 g/mol. The van der Waals surface area contributed by atoms with Crippen LogP contribution >= 0.6 is 0 Å². The van der Waals surface area contributed by atoms with Crippen molar-refractivity contribution < 1.29 is 14.7 Å². The van der Waals surface area contributed by atoms with Gasteiger partial charge in [-0.3, -0.25) is 9.78 Å². The number of fused-ring (bicyclic) bond motifs is 1. The maximum absolute atomic E-state index is 12.7. The Bertz CT molecular complexity index is 766. The number of hydrogen-bond donors (Lipinski definition) is 2. The van der Waals surface area contributed by atoms with Gasteiger partial charge >= 0.3 is 5.97 Å². The van der Waals surface area contributed by atoms with Gasteiger partial charge in [-0.2, -0.15) is 0 Å². The number of nitrogens with one attached hydrogen (secondary N) is 1. The van der Waals surface area contributed by atoms with E-state index in [4.69, 9.17) is 0 Å². The molecule has 1 aliphatic carbocycles. The third-order valence-corrected chi connectivity index (χ3v) is 4.20. The molecule has 1 heterocycles. The molecule has 1 aromatic carbocycles. The summed E-state index contributed by atoms with van der Waals surface area (Å²) in [6.07, 6.45) is 2.19. The molecule has 0 bridgehead atoms. The third kappa shape index (κ3) is 3.18. The number of rotatable bonds is 5. The first-order chi connectivity index (χ1) is 11.0. The second-order valence-electron chi connectivity index (χ2n) is 6.42. The Morgan fingerprint density at radius 2 is 1.96 bits per heavy atom. The van der Waals surface area contributed by atoms with E-state index in [9.17, 15) is 14.7 Å². The van der Waals surface area contributed by atoms with Crippen LogP contribution in [-0.2, 0) is 4.79 Å². The highest BCUT2D eigenvalue weighted by molar-refractivity contribution is 6.07. The Morgan fingerprint density at radius 1 is 1.26 bits per heavy atom. The number of carbonyl (C=O) groups is 2. The summed E-state index contributed by atoms with van der Waals surface area (Å²) < 4.78 is 0. The van der Waals surface area contributed by atoms with E-state index < -0.39 is 12.0 Å². The van der Waals surface area contributed by atoms with Gasteiger partial charge in [0, 0.05) is 17.0 Å². The van der Waals surface area contributed by atoms with Gasteiger partial charge in [0.25, 0.3) is 5.91 Å². The van der Waals surface area contributed by atoms with Crippen molar-refractivity contribution in [2.24, 2.45) is 5.92 Å². The molecule has 2 N–H and O–H groups in total. The molecule has 5 heteroatoms. The van der Waals surface area contributed by atoms with Crippen LogP contribution in [0.2, 0.25) is 0 Å². The molecule has 23 heavy (non-hydrogen) atoms. The quantitative estimate of drug-likeness (QED) is 0.889. The first kappa shape index (κ1) is 15.5. The Morgan fingerprint density at radius 3 is 2.57 bits per heavy atom. The SMILES string of the molecule is CC(C)[C@H](NC(=O)c1cc(C2CC2)nc2ccccc12)C(=O)O. The average molecular weight is 312 g/mol. The smallest absolute Gasteiger partial charge is 0.326 e. The van der Waals surface area contributed by atoms with Crippen molar-refractivity contribution in [3.8, 4) is 0 Å². The zero-order valence-corrected chi connectivity index (χ0v) is 13.2. The van der Waals surface area contributed by atoms with Gasteiger partial charge in [-0.05, 0) is 30.9 Å². The average Bonchev–Trinajstić information content (AvgIpc) is 3.35. The molecule has 0 spiro atoms. The highest BCUT2D eigenvalue weighted by Gasteiger charge is 2.28. The number of amides is 1. The van der Waals surface area contributed by atoms with Crippen LogP contribution in [0.3, 0.4) is 0 Å². The molecule has 0 aliphatic heterocycles. The molecule has 0 unspecified atom stereocenters. The van der Waals surface area contributed by atoms with E-state index in [-0.39, 0.29) is 11.8 Å². The summed E-state index contributed by atoms with van der Waals surface area (Å²) in [5.41, 5.74) is 2.20. The number of carbonyl (C=O) groups excluding carboxylic acids is 1. The highest BCUT2D eigenvalue weighted by atomic mass is 16.4. The van der Waals surface area contributed by atoms with Crippen molar-refractivity contribution in [1.29, 1.82) is 0 Å². The first-order valence-electron chi connectivity index (χ1n) is 7.90. The number of benzene rings is 1. The van der Waals surface area contributed by atoms with Crippen molar-refractivity contribution in [3.05, 3.63) is 41.6 Å². The van der Waals surface area contributed by atoms with Crippen molar-refractivity contribution in [1.82, 2.24) is 10.3 Å². The van der Waals surface area contributed by atoms with E-state index in [1.807, 2.05) is 30.3 Å². The normalized spacial score (nSPS) is 15.6. The van der Waals surface area contributed by atoms with Gasteiger partial charge in [-0.15, -0.1) is 0 Å². The van der Waals surface area contributed by atoms with Gasteiger partial charge in [0.15, 0.2) is 0 Å². The third-order valence-electron chi connectivity index (χ3n) is 4.20. The lowest BCUT2D eigenvalue weighted by Crippen LogP contribution is -2.44. The minimum absolute atomic E-state index is 0.188. The predicted octanol–water partition coefficient (Wildman–Crippen LogP) is 2.95. The van der Waals surface area contributed by atoms with Crippen LogP contribution in [0.5, 0.6) is 0 Å². The van der Waals surface area contributed by atoms with Gasteiger partial charge < -0.3 is 10.4 Å². The number of hydrogen-bond acceptors (Lipinski definition) is 3. The van der Waals surface area contributed by atoms with E-state index in [0.717, 1.165) is 29.4 Å². The maximum Gasteiger partial charge on any atom is 0.326 e. The largest absolute Gasteiger partial charge is 0.480 e. The van der Waals surface area contributed by atoms with Gasteiger partial charge in [0.1, 0.15) is 6.04 Å². The van der Waals surface area contributed by atoms with Crippen LogP contribution in [0.25, 0.3) is 10.9 Å². The summed E-state index contributed by atoms with van der Waals surface area (Å²) in [5, 5.41) is 12.7. The molecule has 3 rings (SSSR count). The Labute approximate surface area is 134 Å². The molecular formula is C18H20N2O3. The molecule has 1 aliphatic rings. The second kappa shape index (κ2) is 5.99. The molecule has 1 atom stereocenters. The number of nitrogens with zero attached hydrogens (tertiary/aromatic N) is 1. The molecule has 1 amide bonds. The maximum atomic E-state index is 12.7. The van der Waals surface area contributed by atoms with Gasteiger partial charge in [-0.25, -0.2) is 4.79 Å². The minimum Gasteiger partial charge on any atom is -0.480 e. The highest BCUT2D eigenvalue weighted by Crippen LogP contribution is 2.40. The number of carboxylic acid groups (broad SMARTS) is 1. The number of aromatic nitrogens is 1. The summed E-state index contributed by atoms with van der Waals surface area (Å²) in [6.45, 7) is 3.55. The molecule has 2 aromatic rings. The Hall–Kier alpha value is -2.43. The second-order valence-corrected chi connectivity index (χ2v) is 6.42. The van der Waals surface area contributed by atoms with Crippen molar-refractivity contribution in [2.45, 2.75) is 38.6 Å². The minimum atomic E-state index is -1.02. The lowest BCUT2D eigenvalue weighted by Gasteiger charge is -2.18. The molecule has 120 valence electrons. The topological polar surface area (TPSA) is 79.3 Å². The van der Waals surface area contributed by atoms with Crippen LogP contribution in [-0.4, -0.2) is 28.0 Å². The fraction of sp³-hybridized carbons (Fsp3) is 0.389. The summed E-state index contributed by atoms with van der Waals surface area (Å²) in [5.74, 6) is -1.14. The zero-order chi connectivity index (χ0) is 16.6. The first-order valence-corrected chi connectivity index (χ1v) is 7.90. The lowest BCUT2D eigenvalue weighted by molar-refractivity contribution is -0.140. The van der Waals surface area contributed by atoms with Crippen molar-refractivity contribution >= 4 is 22.8 Å². The van der Waals surface area contributed by atoms with E-state index in [2.05, 4.69) is 10.3 Å². The summed E-state index contributed by atoms with van der Waals surface area (Å²) >= 11 is 0. The van der Waals surface area contributed by atoms with Gasteiger partial charge in [0.2, 0.25) is 0 Å². The molecule has 0 radical (unpaired) electrons. The van der Waals surface area contributed by atoms with Crippen LogP contribution in [0.1, 0.15) is 48.7 Å². The number of aliphatic carboxylic acids is 1. The summed E-state index contributed by atoms with van der Waals surface area (Å²) in [6, 6.07) is 8.39. The van der Waals surface area contributed by atoms with E-state index in [1.165, 1.54) is 0 Å². The fourth-order valence-electron chi connectivity index (χ4n) is 2.70. The fourth-order valence-corrected chi connectivity index (χ4v) is 2.70. The van der Waals surface area contributed by atoms with E-state index >= 15 is 0 Å². The Kier molecular flexibility index (Phi) is 4.03. The lowest BCUT2D eigenvalue weighted by atomic mass is 10.0. The number of para-hydroxylation sites is 1. The molecule has 1 aromatic heterocycles. The van der Waals surface area contributed by atoms with Gasteiger partial charge in [0.05, 0.1) is 11.1 Å². The number of carboxylic acids is 1. The number of pyridine rings is 1. The molecule has 5 nitrogen and oxygen atoms in total. The van der Waals surface area contributed by atoms with Crippen LogP contribution in [0, 0.1) is 5.92 Å². The summed E-state index contributed by atoms with van der Waals surface area (Å²) in [4.78, 5) is 28.6. The van der Waals surface area contributed by atoms with E-state index in [0.29, 0.717) is 11.5 Å². The summed E-state index contributed by atoms with van der Waals surface area (Å²) in [7, 11) is 0. The molecular weight excluding hydrogens is 292 g/mol. The predicted molar refractivity (Wildman–Crippen MR) is 87.4 cm³/mol. The standard InChI is InChI=1S/C18H20N2O3/c1-10(2)16(18(22)23)20-17(21)13-9-15(11-7-8-11)19-14-6-4-3-5-12(13)14/h3-6,9-11,16H,7-8H2,1-2H3,(H,20,21)(H,22,23)/t16-/m0/s1. The van der Waals surface area contributed by atoms with Crippen LogP contribution in [0.15, 0.2) is 30.3 Å². The van der Waals surface area contributed by atoms with Gasteiger partial charge in [-0.1, -0.05) is 32.0 Å². The van der Waals surface area contributed by atoms with Crippen molar-refractivity contribution in [3.63, 3.8) is 0 Å². The molecule has 1 saturated carbocycles. The van der Waals surface area contributed by atoms with Crippen LogP contribution < -0.4 is 5.32 Å². The molecule has 0 saturated heterocycles. The Balaban J connectivity index is 2.00. The molecule has 1 fully saturated rings.